The number of ether oxygens (including phenoxy) is 2. The monoisotopic (exact) mass is 446 g/mol. The van der Waals surface area contributed by atoms with Crippen molar-refractivity contribution in [2.75, 3.05) is 19.7 Å². The van der Waals surface area contributed by atoms with E-state index in [9.17, 15) is 4.79 Å². The number of hydrogen-bond donors (Lipinski definition) is 1. The first kappa shape index (κ1) is 20.8. The highest BCUT2D eigenvalue weighted by molar-refractivity contribution is 9.10. The van der Waals surface area contributed by atoms with E-state index in [1.54, 1.807) is 0 Å². The van der Waals surface area contributed by atoms with Gasteiger partial charge in [-0.15, -0.1) is 0 Å². The summed E-state index contributed by atoms with van der Waals surface area (Å²) < 4.78 is 12.2. The van der Waals surface area contributed by atoms with Gasteiger partial charge in [0.25, 0.3) is 5.91 Å². The number of amides is 1. The van der Waals surface area contributed by atoms with Crippen molar-refractivity contribution in [3.63, 3.8) is 0 Å². The number of halogens is 1. The normalized spacial score (nSPS) is 20.0. The van der Waals surface area contributed by atoms with Gasteiger partial charge in [0.2, 0.25) is 0 Å². The number of morpholine rings is 1. The van der Waals surface area contributed by atoms with Crippen LogP contribution >= 0.6 is 15.9 Å². The lowest BCUT2D eigenvalue weighted by Crippen LogP contribution is -2.44. The maximum absolute atomic E-state index is 12.0. The van der Waals surface area contributed by atoms with Crippen LogP contribution in [0.4, 0.5) is 0 Å². The molecule has 6 heteroatoms. The molecule has 1 heterocycles. The summed E-state index contributed by atoms with van der Waals surface area (Å²) in [7, 11) is 0. The molecule has 0 bridgehead atoms. The lowest BCUT2D eigenvalue weighted by molar-refractivity contribution is -0.123. The molecule has 1 aliphatic rings. The second-order valence-electron chi connectivity index (χ2n) is 7.29. The van der Waals surface area contributed by atoms with Crippen LogP contribution in [0.25, 0.3) is 0 Å². The smallest absolute Gasteiger partial charge is 0.258 e. The minimum atomic E-state index is -0.136. The number of benzene rings is 2. The molecule has 1 N–H and O–H groups in total. The van der Waals surface area contributed by atoms with Crippen LogP contribution in [-0.4, -0.2) is 42.7 Å². The predicted octanol–water partition coefficient (Wildman–Crippen LogP) is 3.75. The zero-order valence-electron chi connectivity index (χ0n) is 16.4. The second kappa shape index (κ2) is 10.0. The molecule has 5 nitrogen and oxygen atoms in total. The van der Waals surface area contributed by atoms with Crippen LogP contribution in [0.1, 0.15) is 25.0 Å². The number of carbonyl (C=O) groups is 1. The number of nitrogens with one attached hydrogen (secondary N) is 1. The Bertz CT molecular complexity index is 754. The fraction of sp³-hybridized carbons (Fsp3) is 0.409. The van der Waals surface area contributed by atoms with E-state index in [1.165, 1.54) is 5.56 Å². The highest BCUT2D eigenvalue weighted by atomic mass is 79.9. The molecule has 2 atom stereocenters. The lowest BCUT2D eigenvalue weighted by Gasteiger charge is -2.35. The molecule has 2 unspecified atom stereocenters. The molecule has 0 aromatic heterocycles. The first-order valence-electron chi connectivity index (χ1n) is 9.58. The number of carbonyl (C=O) groups excluding carboxylic acids is 1. The van der Waals surface area contributed by atoms with Gasteiger partial charge in [0, 0.05) is 30.7 Å². The average Bonchev–Trinajstić information content (AvgIpc) is 2.66. The zero-order chi connectivity index (χ0) is 19.9. The van der Waals surface area contributed by atoms with Gasteiger partial charge in [0.15, 0.2) is 6.61 Å². The molecule has 28 heavy (non-hydrogen) atoms. The predicted molar refractivity (Wildman–Crippen MR) is 113 cm³/mol. The molecule has 3 rings (SSSR count). The summed E-state index contributed by atoms with van der Waals surface area (Å²) in [5.74, 6) is 0.540. The molecule has 1 aliphatic heterocycles. The Morgan fingerprint density at radius 3 is 2.32 bits per heavy atom. The van der Waals surface area contributed by atoms with E-state index in [1.807, 2.05) is 24.3 Å². The van der Waals surface area contributed by atoms with E-state index < -0.39 is 0 Å². The molecule has 1 amide bonds. The molecule has 150 valence electrons. The summed E-state index contributed by atoms with van der Waals surface area (Å²) in [6.07, 6.45) is 0.552. The van der Waals surface area contributed by atoms with Crippen LogP contribution in [0, 0.1) is 0 Å². The van der Waals surface area contributed by atoms with Gasteiger partial charge in [0.1, 0.15) is 5.75 Å². The van der Waals surface area contributed by atoms with Gasteiger partial charge in [0.05, 0.1) is 12.2 Å². The van der Waals surface area contributed by atoms with Crippen LogP contribution < -0.4 is 10.1 Å². The second-order valence-corrected chi connectivity index (χ2v) is 8.20. The summed E-state index contributed by atoms with van der Waals surface area (Å²) in [5.41, 5.74) is 2.35. The molecule has 0 radical (unpaired) electrons. The third kappa shape index (κ3) is 6.62. The molecular weight excluding hydrogens is 420 g/mol. The molecule has 0 saturated carbocycles. The van der Waals surface area contributed by atoms with Crippen LogP contribution in [0.3, 0.4) is 0 Å². The van der Waals surface area contributed by atoms with E-state index in [2.05, 4.69) is 64.3 Å². The fourth-order valence-corrected chi connectivity index (χ4v) is 3.63. The quantitative estimate of drug-likeness (QED) is 0.703. The largest absolute Gasteiger partial charge is 0.484 e. The zero-order valence-corrected chi connectivity index (χ0v) is 17.9. The SMILES string of the molecule is CC1CN(Cc2ccc(CNC(=O)COc3ccc(Br)cc3)cc2)CC(C)O1. The van der Waals surface area contributed by atoms with Crippen molar-refractivity contribution >= 4 is 21.8 Å². The van der Waals surface area contributed by atoms with Gasteiger partial charge in [-0.2, -0.15) is 0 Å². The van der Waals surface area contributed by atoms with Gasteiger partial charge in [-0.25, -0.2) is 0 Å². The van der Waals surface area contributed by atoms with Crippen molar-refractivity contribution in [3.05, 3.63) is 64.1 Å². The van der Waals surface area contributed by atoms with Crippen molar-refractivity contribution in [2.24, 2.45) is 0 Å². The molecule has 2 aromatic rings. The Morgan fingerprint density at radius 2 is 1.68 bits per heavy atom. The van der Waals surface area contributed by atoms with Gasteiger partial charge >= 0.3 is 0 Å². The van der Waals surface area contributed by atoms with Crippen molar-refractivity contribution in [1.29, 1.82) is 0 Å². The van der Waals surface area contributed by atoms with Gasteiger partial charge < -0.3 is 14.8 Å². The van der Waals surface area contributed by atoms with Crippen molar-refractivity contribution in [3.8, 4) is 5.75 Å². The Hall–Kier alpha value is -1.89. The number of hydrogen-bond acceptors (Lipinski definition) is 4. The van der Waals surface area contributed by atoms with Crippen molar-refractivity contribution in [1.82, 2.24) is 10.2 Å². The van der Waals surface area contributed by atoms with E-state index >= 15 is 0 Å². The van der Waals surface area contributed by atoms with Gasteiger partial charge in [-0.05, 0) is 49.2 Å². The topological polar surface area (TPSA) is 50.8 Å². The Kier molecular flexibility index (Phi) is 7.48. The first-order chi connectivity index (χ1) is 13.5. The van der Waals surface area contributed by atoms with Crippen molar-refractivity contribution in [2.45, 2.75) is 39.1 Å². The molecule has 1 saturated heterocycles. The summed E-state index contributed by atoms with van der Waals surface area (Å²) in [6, 6.07) is 15.8. The first-order valence-corrected chi connectivity index (χ1v) is 10.4. The molecule has 0 aliphatic carbocycles. The van der Waals surface area contributed by atoms with E-state index in [4.69, 9.17) is 9.47 Å². The van der Waals surface area contributed by atoms with E-state index in [-0.39, 0.29) is 24.7 Å². The van der Waals surface area contributed by atoms with Crippen LogP contribution in [0.2, 0.25) is 0 Å². The van der Waals surface area contributed by atoms with Gasteiger partial charge in [-0.3, -0.25) is 9.69 Å². The van der Waals surface area contributed by atoms with Crippen LogP contribution in [0.15, 0.2) is 53.0 Å². The van der Waals surface area contributed by atoms with Gasteiger partial charge in [-0.1, -0.05) is 40.2 Å². The van der Waals surface area contributed by atoms with Crippen LogP contribution in [-0.2, 0) is 22.6 Å². The average molecular weight is 447 g/mol. The molecular formula is C22H27BrN2O3. The highest BCUT2D eigenvalue weighted by Gasteiger charge is 2.21. The van der Waals surface area contributed by atoms with E-state index in [0.29, 0.717) is 12.3 Å². The Labute approximate surface area is 175 Å². The molecule has 1 fully saturated rings. The maximum Gasteiger partial charge on any atom is 0.258 e. The minimum absolute atomic E-state index is 0.00706. The summed E-state index contributed by atoms with van der Waals surface area (Å²) >= 11 is 3.37. The summed E-state index contributed by atoms with van der Waals surface area (Å²) in [4.78, 5) is 14.4. The minimum Gasteiger partial charge on any atom is -0.484 e. The molecule has 2 aromatic carbocycles. The van der Waals surface area contributed by atoms with Crippen molar-refractivity contribution < 1.29 is 14.3 Å². The standard InChI is InChI=1S/C22H27BrN2O3/c1-16-12-25(13-17(2)28-16)14-19-5-3-18(4-6-19)11-24-22(26)15-27-21-9-7-20(23)8-10-21/h3-10,16-17H,11-15H2,1-2H3,(H,24,26). The number of rotatable bonds is 7. The third-order valence-electron chi connectivity index (χ3n) is 4.60. The third-order valence-corrected chi connectivity index (χ3v) is 5.13. The number of nitrogens with zero attached hydrogens (tertiary/aromatic N) is 1. The maximum atomic E-state index is 12.0. The summed E-state index contributed by atoms with van der Waals surface area (Å²) in [6.45, 7) is 7.58. The Morgan fingerprint density at radius 1 is 1.07 bits per heavy atom. The van der Waals surface area contributed by atoms with Crippen LogP contribution in [0.5, 0.6) is 5.75 Å². The highest BCUT2D eigenvalue weighted by Crippen LogP contribution is 2.16. The van der Waals surface area contributed by atoms with E-state index in [0.717, 1.165) is 29.7 Å². The Balaban J connectivity index is 1.41. The molecule has 0 spiro atoms. The summed E-state index contributed by atoms with van der Waals surface area (Å²) in [5, 5.41) is 2.89. The fourth-order valence-electron chi connectivity index (χ4n) is 3.37. The lowest BCUT2D eigenvalue weighted by atomic mass is 10.1.